The number of anilines is 1. The minimum Gasteiger partial charge on any atom is -0.492 e. The van der Waals surface area contributed by atoms with Crippen molar-refractivity contribution in [2.24, 2.45) is 0 Å². The topological polar surface area (TPSA) is 24.5 Å². The fourth-order valence-electron chi connectivity index (χ4n) is 3.43. The SMILES string of the molecule is CCOc1ccccc1NC(=S)N(Cc1ccccc1F)C1CCCC1. The van der Waals surface area contributed by atoms with E-state index >= 15 is 0 Å². The molecule has 1 N–H and O–H groups in total. The van der Waals surface area contributed by atoms with Gasteiger partial charge in [0.1, 0.15) is 11.6 Å². The molecule has 0 saturated heterocycles. The van der Waals surface area contributed by atoms with Crippen LogP contribution in [0.3, 0.4) is 0 Å². The van der Waals surface area contributed by atoms with Crippen LogP contribution in [0.1, 0.15) is 38.2 Å². The quantitative estimate of drug-likeness (QED) is 0.689. The Bertz CT molecular complexity index is 746. The summed E-state index contributed by atoms with van der Waals surface area (Å²) in [7, 11) is 0. The van der Waals surface area contributed by atoms with E-state index in [0.29, 0.717) is 29.9 Å². The molecule has 0 amide bonds. The highest BCUT2D eigenvalue weighted by Crippen LogP contribution is 2.28. The molecule has 3 nitrogen and oxygen atoms in total. The largest absolute Gasteiger partial charge is 0.492 e. The summed E-state index contributed by atoms with van der Waals surface area (Å²) in [5.74, 6) is 0.586. The zero-order chi connectivity index (χ0) is 18.4. The summed E-state index contributed by atoms with van der Waals surface area (Å²) in [6.45, 7) is 3.02. The van der Waals surface area contributed by atoms with Crippen LogP contribution in [0.2, 0.25) is 0 Å². The van der Waals surface area contributed by atoms with Gasteiger partial charge < -0.3 is 15.0 Å². The van der Waals surface area contributed by atoms with Crippen LogP contribution in [-0.4, -0.2) is 22.7 Å². The van der Waals surface area contributed by atoms with Gasteiger partial charge in [-0.05, 0) is 50.2 Å². The smallest absolute Gasteiger partial charge is 0.174 e. The van der Waals surface area contributed by atoms with Crippen LogP contribution < -0.4 is 10.1 Å². The predicted octanol–water partition coefficient (Wildman–Crippen LogP) is 5.37. The van der Waals surface area contributed by atoms with Crippen molar-refractivity contribution in [1.82, 2.24) is 4.90 Å². The normalized spacial score (nSPS) is 14.2. The van der Waals surface area contributed by atoms with Gasteiger partial charge in [-0.1, -0.05) is 43.2 Å². The van der Waals surface area contributed by atoms with Crippen LogP contribution >= 0.6 is 12.2 Å². The van der Waals surface area contributed by atoms with E-state index in [2.05, 4.69) is 10.2 Å². The molecule has 0 radical (unpaired) electrons. The highest BCUT2D eigenvalue weighted by molar-refractivity contribution is 7.80. The molecule has 1 fully saturated rings. The Morgan fingerprint density at radius 1 is 1.15 bits per heavy atom. The summed E-state index contributed by atoms with van der Waals surface area (Å²) in [4.78, 5) is 2.13. The van der Waals surface area contributed by atoms with Gasteiger partial charge in [-0.15, -0.1) is 0 Å². The van der Waals surface area contributed by atoms with Crippen LogP contribution in [-0.2, 0) is 6.54 Å². The molecule has 0 atom stereocenters. The Hall–Kier alpha value is -2.14. The lowest BCUT2D eigenvalue weighted by atomic mass is 10.1. The number of hydrogen-bond acceptors (Lipinski definition) is 2. The van der Waals surface area contributed by atoms with E-state index in [9.17, 15) is 4.39 Å². The maximum atomic E-state index is 14.2. The van der Waals surface area contributed by atoms with Crippen molar-refractivity contribution < 1.29 is 9.13 Å². The molecule has 1 aliphatic carbocycles. The molecular weight excluding hydrogens is 347 g/mol. The van der Waals surface area contributed by atoms with Gasteiger partial charge in [0.15, 0.2) is 5.11 Å². The maximum Gasteiger partial charge on any atom is 0.174 e. The van der Waals surface area contributed by atoms with Gasteiger partial charge in [-0.2, -0.15) is 0 Å². The van der Waals surface area contributed by atoms with Crippen LogP contribution in [0.25, 0.3) is 0 Å². The number of benzene rings is 2. The molecule has 138 valence electrons. The molecule has 5 heteroatoms. The van der Waals surface area contributed by atoms with Crippen molar-refractivity contribution in [2.45, 2.75) is 45.2 Å². The third-order valence-electron chi connectivity index (χ3n) is 4.75. The summed E-state index contributed by atoms with van der Waals surface area (Å²) < 4.78 is 19.9. The Balaban J connectivity index is 1.80. The van der Waals surface area contributed by atoms with Crippen molar-refractivity contribution in [3.63, 3.8) is 0 Å². The summed E-state index contributed by atoms with van der Waals surface area (Å²) in [5.41, 5.74) is 1.51. The first-order valence-corrected chi connectivity index (χ1v) is 9.62. The number of para-hydroxylation sites is 2. The lowest BCUT2D eigenvalue weighted by Crippen LogP contribution is -2.41. The van der Waals surface area contributed by atoms with Gasteiger partial charge in [-0.3, -0.25) is 0 Å². The molecule has 1 aliphatic rings. The monoisotopic (exact) mass is 372 g/mol. The Kier molecular flexibility index (Phi) is 6.45. The summed E-state index contributed by atoms with van der Waals surface area (Å²) >= 11 is 5.72. The lowest BCUT2D eigenvalue weighted by Gasteiger charge is -2.32. The first kappa shape index (κ1) is 18.6. The third-order valence-corrected chi connectivity index (χ3v) is 5.09. The predicted molar refractivity (Wildman–Crippen MR) is 108 cm³/mol. The van der Waals surface area contributed by atoms with Crippen molar-refractivity contribution in [3.05, 3.63) is 59.9 Å². The number of nitrogens with one attached hydrogen (secondary N) is 1. The maximum absolute atomic E-state index is 14.2. The molecule has 26 heavy (non-hydrogen) atoms. The second kappa shape index (κ2) is 8.99. The van der Waals surface area contributed by atoms with E-state index in [0.717, 1.165) is 24.3 Å². The second-order valence-electron chi connectivity index (χ2n) is 6.52. The van der Waals surface area contributed by atoms with E-state index in [-0.39, 0.29) is 5.82 Å². The zero-order valence-electron chi connectivity index (χ0n) is 15.1. The first-order valence-electron chi connectivity index (χ1n) is 9.22. The average Bonchev–Trinajstić information content (AvgIpc) is 3.17. The van der Waals surface area contributed by atoms with Crippen LogP contribution in [0.5, 0.6) is 5.75 Å². The standard InChI is InChI=1S/C21H25FN2OS/c1-2-25-20-14-8-7-13-19(20)23-21(26)24(17-10-4-5-11-17)15-16-9-3-6-12-18(16)22/h3,6-9,12-14,17H,2,4-5,10-11,15H2,1H3,(H,23,26). The molecule has 3 rings (SSSR count). The molecule has 2 aromatic rings. The van der Waals surface area contributed by atoms with Gasteiger partial charge >= 0.3 is 0 Å². The highest BCUT2D eigenvalue weighted by Gasteiger charge is 2.26. The van der Waals surface area contributed by atoms with Crippen molar-refractivity contribution in [1.29, 1.82) is 0 Å². The average molecular weight is 373 g/mol. The molecule has 1 saturated carbocycles. The second-order valence-corrected chi connectivity index (χ2v) is 6.90. The Morgan fingerprint density at radius 3 is 2.58 bits per heavy atom. The minimum atomic E-state index is -0.187. The molecular formula is C21H25FN2OS. The molecule has 0 heterocycles. The van der Waals surface area contributed by atoms with Crippen molar-refractivity contribution in [3.8, 4) is 5.75 Å². The number of thiocarbonyl (C=S) groups is 1. The highest BCUT2D eigenvalue weighted by atomic mass is 32.1. The van der Waals surface area contributed by atoms with E-state index < -0.39 is 0 Å². The number of rotatable bonds is 6. The van der Waals surface area contributed by atoms with E-state index in [1.807, 2.05) is 43.3 Å². The van der Waals surface area contributed by atoms with E-state index in [1.165, 1.54) is 18.9 Å². The summed E-state index contributed by atoms with van der Waals surface area (Å²) in [6, 6.07) is 15.0. The first-order chi connectivity index (χ1) is 12.7. The van der Waals surface area contributed by atoms with Crippen molar-refractivity contribution in [2.75, 3.05) is 11.9 Å². The molecule has 0 bridgehead atoms. The number of hydrogen-bond donors (Lipinski definition) is 1. The van der Waals surface area contributed by atoms with Crippen LogP contribution in [0.4, 0.5) is 10.1 Å². The number of ether oxygens (including phenoxy) is 1. The number of halogens is 1. The lowest BCUT2D eigenvalue weighted by molar-refractivity contribution is 0.307. The third kappa shape index (κ3) is 4.52. The molecule has 0 aromatic heterocycles. The van der Waals surface area contributed by atoms with Crippen LogP contribution in [0, 0.1) is 5.82 Å². The van der Waals surface area contributed by atoms with Gasteiger partial charge in [0.05, 0.1) is 12.3 Å². The Labute approximate surface area is 160 Å². The fourth-order valence-corrected chi connectivity index (χ4v) is 3.75. The molecule has 2 aromatic carbocycles. The fraction of sp³-hybridized carbons (Fsp3) is 0.381. The molecule has 0 aliphatic heterocycles. The summed E-state index contributed by atoms with van der Waals surface area (Å²) in [6.07, 6.45) is 4.56. The Morgan fingerprint density at radius 2 is 1.85 bits per heavy atom. The van der Waals surface area contributed by atoms with Crippen LogP contribution in [0.15, 0.2) is 48.5 Å². The van der Waals surface area contributed by atoms with Crippen molar-refractivity contribution >= 4 is 23.0 Å². The van der Waals surface area contributed by atoms with E-state index in [4.69, 9.17) is 17.0 Å². The molecule has 0 spiro atoms. The van der Waals surface area contributed by atoms with Gasteiger partial charge in [0.25, 0.3) is 0 Å². The molecule has 0 unspecified atom stereocenters. The zero-order valence-corrected chi connectivity index (χ0v) is 15.9. The van der Waals surface area contributed by atoms with Gasteiger partial charge in [0.2, 0.25) is 0 Å². The van der Waals surface area contributed by atoms with E-state index in [1.54, 1.807) is 6.07 Å². The minimum absolute atomic E-state index is 0.187. The van der Waals surface area contributed by atoms with Gasteiger partial charge in [-0.25, -0.2) is 4.39 Å². The summed E-state index contributed by atoms with van der Waals surface area (Å²) in [5, 5.41) is 3.94. The van der Waals surface area contributed by atoms with Gasteiger partial charge in [0, 0.05) is 18.2 Å². The number of nitrogens with zero attached hydrogens (tertiary/aromatic N) is 1.